The number of carbonyl (C=O) groups is 1. The molecule has 2 aromatic rings. The molecule has 1 heterocycles. The van der Waals surface area contributed by atoms with Crippen molar-refractivity contribution in [2.24, 2.45) is 5.92 Å². The highest BCUT2D eigenvalue weighted by Gasteiger charge is 2.23. The number of aryl methyl sites for hydroxylation is 1. The van der Waals surface area contributed by atoms with E-state index in [0.29, 0.717) is 5.76 Å². The molecule has 0 N–H and O–H groups in total. The Bertz CT molecular complexity index is 630. The van der Waals surface area contributed by atoms with E-state index in [1.807, 2.05) is 52.2 Å². The van der Waals surface area contributed by atoms with Gasteiger partial charge >= 0.3 is 5.97 Å². The van der Waals surface area contributed by atoms with Gasteiger partial charge in [-0.2, -0.15) is 0 Å². The average Bonchev–Trinajstić information content (AvgIpc) is 2.76. The van der Waals surface area contributed by atoms with Gasteiger partial charge in [0.1, 0.15) is 11.7 Å². The monoisotopic (exact) mass is 289 g/mol. The predicted molar refractivity (Wildman–Crippen MR) is 83.5 cm³/mol. The van der Waals surface area contributed by atoms with Gasteiger partial charge in [-0.3, -0.25) is 0 Å². The molecule has 0 unspecified atom stereocenters. The van der Waals surface area contributed by atoms with Crippen molar-refractivity contribution in [3.8, 4) is 0 Å². The van der Waals surface area contributed by atoms with E-state index in [0.717, 1.165) is 23.1 Å². The maximum atomic E-state index is 12.3. The summed E-state index contributed by atoms with van der Waals surface area (Å²) in [7, 11) is 4.02. The van der Waals surface area contributed by atoms with Gasteiger partial charge in [-0.1, -0.05) is 25.1 Å². The van der Waals surface area contributed by atoms with Crippen LogP contribution in [-0.4, -0.2) is 37.6 Å². The number of rotatable bonds is 5. The predicted octanol–water partition coefficient (Wildman–Crippen LogP) is 3.48. The van der Waals surface area contributed by atoms with E-state index in [1.54, 1.807) is 0 Å². The van der Waals surface area contributed by atoms with E-state index in [9.17, 15) is 4.79 Å². The molecule has 21 heavy (non-hydrogen) atoms. The lowest BCUT2D eigenvalue weighted by Gasteiger charge is -2.23. The number of benzene rings is 1. The molecule has 2 rings (SSSR count). The molecule has 1 aromatic carbocycles. The summed E-state index contributed by atoms with van der Waals surface area (Å²) in [5.41, 5.74) is 1.55. The van der Waals surface area contributed by atoms with Crippen LogP contribution in [0.4, 0.5) is 0 Å². The number of carbonyl (C=O) groups excluding carboxylic acids is 1. The number of hydrogen-bond acceptors (Lipinski definition) is 4. The van der Waals surface area contributed by atoms with E-state index in [-0.39, 0.29) is 18.0 Å². The molecule has 0 saturated heterocycles. The fourth-order valence-corrected chi connectivity index (χ4v) is 2.43. The number of fused-ring (bicyclic) bond motifs is 1. The molecule has 0 radical (unpaired) electrons. The van der Waals surface area contributed by atoms with E-state index in [1.165, 1.54) is 0 Å². The lowest BCUT2D eigenvalue weighted by atomic mass is 10.1. The Morgan fingerprint density at radius 2 is 1.95 bits per heavy atom. The number of para-hydroxylation sites is 1. The smallest absolute Gasteiger partial charge is 0.374 e. The largest absolute Gasteiger partial charge is 0.456 e. The highest BCUT2D eigenvalue weighted by Crippen LogP contribution is 2.26. The lowest BCUT2D eigenvalue weighted by molar-refractivity contribution is 0.0155. The maximum absolute atomic E-state index is 12.3. The Labute approximate surface area is 125 Å². The summed E-state index contributed by atoms with van der Waals surface area (Å²) < 4.78 is 11.2. The molecule has 0 bridgehead atoms. The van der Waals surface area contributed by atoms with Crippen LogP contribution in [0.15, 0.2) is 28.7 Å². The van der Waals surface area contributed by atoms with Crippen molar-refractivity contribution in [1.82, 2.24) is 4.90 Å². The third kappa shape index (κ3) is 3.45. The van der Waals surface area contributed by atoms with Gasteiger partial charge in [0.25, 0.3) is 0 Å². The van der Waals surface area contributed by atoms with Gasteiger partial charge in [-0.05, 0) is 34.0 Å². The molecule has 0 fully saturated rings. The van der Waals surface area contributed by atoms with Crippen LogP contribution in [0, 0.1) is 12.8 Å². The van der Waals surface area contributed by atoms with E-state index in [2.05, 4.69) is 11.8 Å². The van der Waals surface area contributed by atoms with Crippen molar-refractivity contribution in [3.05, 3.63) is 35.6 Å². The topological polar surface area (TPSA) is 42.7 Å². The van der Waals surface area contributed by atoms with Gasteiger partial charge in [-0.25, -0.2) is 4.79 Å². The minimum absolute atomic E-state index is 0.160. The Kier molecular flexibility index (Phi) is 4.68. The summed E-state index contributed by atoms with van der Waals surface area (Å²) in [6, 6.07) is 7.63. The molecule has 0 aliphatic carbocycles. The second-order valence-corrected chi connectivity index (χ2v) is 5.90. The van der Waals surface area contributed by atoms with Crippen molar-refractivity contribution < 1.29 is 13.9 Å². The second-order valence-electron chi connectivity index (χ2n) is 5.90. The molecule has 1 aromatic heterocycles. The van der Waals surface area contributed by atoms with Gasteiger partial charge in [-0.15, -0.1) is 0 Å². The zero-order valence-corrected chi connectivity index (χ0v) is 13.3. The zero-order chi connectivity index (χ0) is 15.6. The molecule has 4 heteroatoms. The second kappa shape index (κ2) is 6.31. The van der Waals surface area contributed by atoms with Crippen LogP contribution in [-0.2, 0) is 4.74 Å². The average molecular weight is 289 g/mol. The SMILES string of the molecule is Cc1c(C(=O)O[C@@H](C)[C@@H](C)CN(C)C)oc2ccccc12. The Morgan fingerprint density at radius 1 is 1.29 bits per heavy atom. The third-order valence-corrected chi connectivity index (χ3v) is 3.78. The van der Waals surface area contributed by atoms with Crippen molar-refractivity contribution in [3.63, 3.8) is 0 Å². The quantitative estimate of drug-likeness (QED) is 0.790. The Morgan fingerprint density at radius 3 is 2.57 bits per heavy atom. The van der Waals surface area contributed by atoms with E-state index < -0.39 is 0 Å². The standard InChI is InChI=1S/C17H23NO3/c1-11(10-18(4)5)13(3)20-17(19)16-12(2)14-8-6-7-9-15(14)21-16/h6-9,11,13H,10H2,1-5H3/t11-,13-/m0/s1. The molecule has 0 amide bonds. The number of nitrogens with zero attached hydrogens (tertiary/aromatic N) is 1. The Hall–Kier alpha value is -1.81. The molecular formula is C17H23NO3. The molecular weight excluding hydrogens is 266 g/mol. The maximum Gasteiger partial charge on any atom is 0.374 e. The number of hydrogen-bond donors (Lipinski definition) is 0. The van der Waals surface area contributed by atoms with Crippen LogP contribution in [0.5, 0.6) is 0 Å². The van der Waals surface area contributed by atoms with E-state index >= 15 is 0 Å². The molecule has 114 valence electrons. The van der Waals surface area contributed by atoms with Crippen LogP contribution >= 0.6 is 0 Å². The first kappa shape index (κ1) is 15.6. The van der Waals surface area contributed by atoms with Crippen LogP contribution in [0.1, 0.15) is 30.0 Å². The van der Waals surface area contributed by atoms with Gasteiger partial charge < -0.3 is 14.1 Å². The van der Waals surface area contributed by atoms with E-state index in [4.69, 9.17) is 9.15 Å². The minimum atomic E-state index is -0.387. The van der Waals surface area contributed by atoms with Gasteiger partial charge in [0, 0.05) is 23.4 Å². The van der Waals surface area contributed by atoms with Crippen molar-refractivity contribution in [2.75, 3.05) is 20.6 Å². The normalized spacial score (nSPS) is 14.4. The molecule has 0 aliphatic rings. The molecule has 0 saturated carbocycles. The lowest BCUT2D eigenvalue weighted by Crippen LogP contribution is -2.30. The Balaban J connectivity index is 2.13. The zero-order valence-electron chi connectivity index (χ0n) is 13.3. The van der Waals surface area contributed by atoms with Gasteiger partial charge in [0.05, 0.1) is 0 Å². The number of furan rings is 1. The van der Waals surface area contributed by atoms with Crippen molar-refractivity contribution in [1.29, 1.82) is 0 Å². The number of esters is 1. The van der Waals surface area contributed by atoms with Gasteiger partial charge in [0.2, 0.25) is 5.76 Å². The first-order valence-corrected chi connectivity index (χ1v) is 7.24. The van der Waals surface area contributed by atoms with Crippen LogP contribution in [0.25, 0.3) is 11.0 Å². The molecule has 0 spiro atoms. The summed E-state index contributed by atoms with van der Waals surface area (Å²) in [6.45, 7) is 6.75. The van der Waals surface area contributed by atoms with Crippen LogP contribution < -0.4 is 0 Å². The fourth-order valence-electron chi connectivity index (χ4n) is 2.43. The molecule has 4 nitrogen and oxygen atoms in total. The summed E-state index contributed by atoms with van der Waals surface area (Å²) in [4.78, 5) is 14.4. The summed E-state index contributed by atoms with van der Waals surface area (Å²) in [6.07, 6.45) is -0.160. The first-order chi connectivity index (χ1) is 9.90. The minimum Gasteiger partial charge on any atom is -0.456 e. The summed E-state index contributed by atoms with van der Waals surface area (Å²) in [5, 5.41) is 0.957. The highest BCUT2D eigenvalue weighted by atomic mass is 16.6. The van der Waals surface area contributed by atoms with Gasteiger partial charge in [0.15, 0.2) is 0 Å². The highest BCUT2D eigenvalue weighted by molar-refractivity contribution is 5.95. The first-order valence-electron chi connectivity index (χ1n) is 7.24. The summed E-state index contributed by atoms with van der Waals surface area (Å²) in [5.74, 6) is 0.176. The summed E-state index contributed by atoms with van der Waals surface area (Å²) >= 11 is 0. The van der Waals surface area contributed by atoms with Crippen molar-refractivity contribution >= 4 is 16.9 Å². The van der Waals surface area contributed by atoms with Crippen molar-refractivity contribution in [2.45, 2.75) is 26.9 Å². The molecule has 2 atom stereocenters. The van der Waals surface area contributed by atoms with Crippen LogP contribution in [0.2, 0.25) is 0 Å². The molecule has 0 aliphatic heterocycles. The number of ether oxygens (including phenoxy) is 1. The fraction of sp³-hybridized carbons (Fsp3) is 0.471. The third-order valence-electron chi connectivity index (χ3n) is 3.78. The van der Waals surface area contributed by atoms with Crippen LogP contribution in [0.3, 0.4) is 0 Å².